The van der Waals surface area contributed by atoms with Gasteiger partial charge in [0.05, 0.1) is 25.1 Å². The van der Waals surface area contributed by atoms with Crippen molar-refractivity contribution in [3.63, 3.8) is 0 Å². The lowest BCUT2D eigenvalue weighted by Gasteiger charge is -2.51. The molecule has 5 nitrogen and oxygen atoms in total. The molecule has 3 aromatic rings. The summed E-state index contributed by atoms with van der Waals surface area (Å²) in [4.78, 5) is 16.5. The molecule has 196 valence electrons. The van der Waals surface area contributed by atoms with E-state index >= 15 is 0 Å². The Labute approximate surface area is 227 Å². The van der Waals surface area contributed by atoms with E-state index in [2.05, 4.69) is 37.6 Å². The van der Waals surface area contributed by atoms with Gasteiger partial charge in [-0.2, -0.15) is 0 Å². The molecule has 1 saturated heterocycles. The van der Waals surface area contributed by atoms with Crippen LogP contribution < -0.4 is 0 Å². The van der Waals surface area contributed by atoms with Crippen LogP contribution in [-0.4, -0.2) is 37.1 Å². The van der Waals surface area contributed by atoms with E-state index in [1.54, 1.807) is 6.07 Å². The van der Waals surface area contributed by atoms with Crippen LogP contribution in [-0.2, 0) is 20.8 Å². The lowest BCUT2D eigenvalue weighted by atomic mass is 9.52. The van der Waals surface area contributed by atoms with Gasteiger partial charge in [0.2, 0.25) is 0 Å². The van der Waals surface area contributed by atoms with Crippen LogP contribution in [0.15, 0.2) is 39.8 Å². The first-order chi connectivity index (χ1) is 18.4. The number of rotatable bonds is 4. The molecule has 38 heavy (non-hydrogen) atoms. The summed E-state index contributed by atoms with van der Waals surface area (Å²) in [6.07, 6.45) is 8.44. The number of allylic oxidation sites excluding steroid dienone is 2. The van der Waals surface area contributed by atoms with Gasteiger partial charge in [-0.3, -0.25) is 9.79 Å². The first kappa shape index (κ1) is 24.2. The third-order valence-electron chi connectivity index (χ3n) is 8.80. The zero-order valence-corrected chi connectivity index (χ0v) is 22.6. The molecule has 4 aliphatic rings. The van der Waals surface area contributed by atoms with Crippen molar-refractivity contribution in [1.82, 2.24) is 4.57 Å². The number of carbonyl (C=O) groups excluding carboxylic acids is 1. The summed E-state index contributed by atoms with van der Waals surface area (Å²) >= 11 is 3.93. The molecule has 2 aliphatic heterocycles. The molecule has 8 heteroatoms. The van der Waals surface area contributed by atoms with Crippen molar-refractivity contribution < 1.29 is 23.0 Å². The maximum absolute atomic E-state index is 14.6. The smallest absolute Gasteiger partial charge is 0.308 e. The summed E-state index contributed by atoms with van der Waals surface area (Å²) in [5, 5.41) is 1.09. The van der Waals surface area contributed by atoms with Gasteiger partial charge in [0.15, 0.2) is 11.6 Å². The molecule has 1 aromatic heterocycles. The van der Waals surface area contributed by atoms with Crippen LogP contribution in [0, 0.1) is 23.0 Å². The van der Waals surface area contributed by atoms with Gasteiger partial charge in [0.1, 0.15) is 0 Å². The predicted octanol–water partition coefficient (Wildman–Crippen LogP) is 6.85. The lowest BCUT2D eigenvalue weighted by molar-refractivity contribution is -0.152. The number of ether oxygens (including phenoxy) is 2. The summed E-state index contributed by atoms with van der Waals surface area (Å²) in [5.41, 5.74) is 7.32. The molecule has 0 unspecified atom stereocenters. The average molecular weight is 581 g/mol. The second kappa shape index (κ2) is 8.85. The van der Waals surface area contributed by atoms with Gasteiger partial charge < -0.3 is 14.0 Å². The number of nitrogens with zero attached hydrogens (tertiary/aromatic N) is 2. The summed E-state index contributed by atoms with van der Waals surface area (Å²) in [5.74, 6) is -1.69. The number of benzene rings is 2. The first-order valence-corrected chi connectivity index (χ1v) is 13.9. The van der Waals surface area contributed by atoms with Crippen LogP contribution in [0.4, 0.5) is 8.78 Å². The van der Waals surface area contributed by atoms with E-state index in [0.29, 0.717) is 25.4 Å². The number of carbonyl (C=O) groups is 1. The minimum atomic E-state index is -0.865. The van der Waals surface area contributed by atoms with Crippen LogP contribution in [0.5, 0.6) is 0 Å². The van der Waals surface area contributed by atoms with Crippen molar-refractivity contribution in [3.8, 4) is 5.69 Å². The van der Waals surface area contributed by atoms with Gasteiger partial charge in [-0.25, -0.2) is 8.78 Å². The van der Waals surface area contributed by atoms with Crippen molar-refractivity contribution in [1.29, 1.82) is 0 Å². The largest absolute Gasteiger partial charge is 0.469 e. The lowest BCUT2D eigenvalue weighted by Crippen LogP contribution is -2.44. The summed E-state index contributed by atoms with van der Waals surface area (Å²) < 4.78 is 42.4. The van der Waals surface area contributed by atoms with Gasteiger partial charge in [-0.15, -0.1) is 0 Å². The Morgan fingerprint density at radius 2 is 1.95 bits per heavy atom. The summed E-state index contributed by atoms with van der Waals surface area (Å²) in [7, 11) is 1.45. The standard InChI is InChI=1S/C30H27BrF2N2O3/c1-37-29(36)19-12-30(13-19)10-18(11-30)25-26-24(8-17-14-34-15-21(17)27(26)31)35(20-2-3-22(32)23(33)9-20)28(25)16-4-6-38-7-5-16/h2-3,8-10,14,16,19H,4-7,11-13,15H2,1H3. The molecule has 0 atom stereocenters. The number of hydrogen-bond acceptors (Lipinski definition) is 4. The number of aliphatic imine (C=N–C) groups is 1. The van der Waals surface area contributed by atoms with E-state index in [0.717, 1.165) is 64.3 Å². The summed E-state index contributed by atoms with van der Waals surface area (Å²) in [6, 6.07) is 6.28. The number of methoxy groups -OCH3 is 1. The molecule has 0 amide bonds. The van der Waals surface area contributed by atoms with E-state index < -0.39 is 11.6 Å². The Morgan fingerprint density at radius 3 is 2.66 bits per heavy atom. The predicted molar refractivity (Wildman–Crippen MR) is 145 cm³/mol. The minimum absolute atomic E-state index is 0.0316. The average Bonchev–Trinajstić information content (AvgIpc) is 3.48. The zero-order valence-electron chi connectivity index (χ0n) is 21.0. The Balaban J connectivity index is 1.47. The molecule has 7 rings (SSSR count). The highest BCUT2D eigenvalue weighted by atomic mass is 79.9. The van der Waals surface area contributed by atoms with Gasteiger partial charge in [-0.05, 0) is 82.8 Å². The van der Waals surface area contributed by atoms with Crippen molar-refractivity contribution in [2.24, 2.45) is 16.3 Å². The maximum atomic E-state index is 14.6. The first-order valence-electron chi connectivity index (χ1n) is 13.1. The van der Waals surface area contributed by atoms with E-state index in [-0.39, 0.29) is 23.2 Å². The molecule has 0 radical (unpaired) electrons. The monoisotopic (exact) mass is 580 g/mol. The second-order valence-corrected chi connectivity index (χ2v) is 11.8. The second-order valence-electron chi connectivity index (χ2n) is 11.0. The van der Waals surface area contributed by atoms with Crippen LogP contribution in [0.1, 0.15) is 60.4 Å². The highest BCUT2D eigenvalue weighted by Gasteiger charge is 2.52. The fourth-order valence-corrected chi connectivity index (χ4v) is 7.73. The highest BCUT2D eigenvalue weighted by Crippen LogP contribution is 2.61. The van der Waals surface area contributed by atoms with Crippen molar-refractivity contribution in [3.05, 3.63) is 68.8 Å². The Kier molecular flexibility index (Phi) is 5.64. The molecule has 2 fully saturated rings. The fourth-order valence-electron chi connectivity index (χ4n) is 6.97. The van der Waals surface area contributed by atoms with Gasteiger partial charge in [0.25, 0.3) is 0 Å². The zero-order chi connectivity index (χ0) is 26.2. The maximum Gasteiger partial charge on any atom is 0.308 e. The number of hydrogen-bond donors (Lipinski definition) is 0. The molecule has 3 heterocycles. The quantitative estimate of drug-likeness (QED) is 0.317. The molecular formula is C30H27BrF2N2O3. The number of fused-ring (bicyclic) bond motifs is 2. The number of halogens is 3. The molecule has 0 N–H and O–H groups in total. The molecule has 2 aromatic carbocycles. The Bertz CT molecular complexity index is 1560. The Hall–Kier alpha value is -2.84. The van der Waals surface area contributed by atoms with Crippen molar-refractivity contribution in [2.45, 2.75) is 44.6 Å². The van der Waals surface area contributed by atoms with E-state index in [9.17, 15) is 13.6 Å². The molecule has 1 saturated carbocycles. The third-order valence-corrected chi connectivity index (χ3v) is 9.68. The van der Waals surface area contributed by atoms with Crippen LogP contribution in [0.2, 0.25) is 0 Å². The summed E-state index contributed by atoms with van der Waals surface area (Å²) in [6.45, 7) is 1.94. The van der Waals surface area contributed by atoms with Crippen LogP contribution in [0.25, 0.3) is 22.2 Å². The normalized spacial score (nSPS) is 24.3. The Morgan fingerprint density at radius 1 is 1.18 bits per heavy atom. The number of esters is 1. The van der Waals surface area contributed by atoms with Gasteiger partial charge >= 0.3 is 5.97 Å². The van der Waals surface area contributed by atoms with E-state index in [4.69, 9.17) is 9.47 Å². The van der Waals surface area contributed by atoms with Crippen molar-refractivity contribution >= 4 is 44.6 Å². The van der Waals surface area contributed by atoms with E-state index in [1.807, 2.05) is 6.21 Å². The van der Waals surface area contributed by atoms with Gasteiger partial charge in [0, 0.05) is 63.8 Å². The van der Waals surface area contributed by atoms with E-state index in [1.165, 1.54) is 30.4 Å². The SMILES string of the molecule is COC(=O)C1CC2(C=C(c3c(C4CCOCC4)n(-c4ccc(F)c(F)c4)c4cc5c(c(Br)c34)CN=C5)C2)C1. The van der Waals surface area contributed by atoms with Crippen molar-refractivity contribution in [2.75, 3.05) is 20.3 Å². The minimum Gasteiger partial charge on any atom is -0.469 e. The topological polar surface area (TPSA) is 52.8 Å². The van der Waals surface area contributed by atoms with Crippen LogP contribution >= 0.6 is 15.9 Å². The number of aromatic nitrogens is 1. The van der Waals surface area contributed by atoms with Gasteiger partial charge in [-0.1, -0.05) is 6.08 Å². The molecular weight excluding hydrogens is 554 g/mol. The fraction of sp³-hybridized carbons (Fsp3) is 0.400. The highest BCUT2D eigenvalue weighted by molar-refractivity contribution is 9.10. The van der Waals surface area contributed by atoms with Crippen LogP contribution in [0.3, 0.4) is 0 Å². The third kappa shape index (κ3) is 3.56. The molecule has 0 bridgehead atoms. The molecule has 1 spiro atoms. The molecule has 2 aliphatic carbocycles.